The maximum absolute atomic E-state index is 11.2. The molecular weight excluding hydrogens is 417 g/mol. The summed E-state index contributed by atoms with van der Waals surface area (Å²) in [6.45, 7) is 3.75. The van der Waals surface area contributed by atoms with Crippen molar-refractivity contribution < 1.29 is 18.8 Å². The van der Waals surface area contributed by atoms with Crippen LogP contribution in [0.3, 0.4) is 0 Å². The van der Waals surface area contributed by atoms with Gasteiger partial charge in [0.05, 0.1) is 22.7 Å². The average Bonchev–Trinajstić information content (AvgIpc) is 3.17. The number of rotatable bonds is 7. The minimum atomic E-state index is -0.489. The number of hydrogen-bond donors (Lipinski definition) is 1. The normalized spacial score (nSPS) is 11.0. The lowest BCUT2D eigenvalue weighted by Crippen LogP contribution is -2.16. The van der Waals surface area contributed by atoms with E-state index in [2.05, 4.69) is 10.1 Å². The number of halogens is 2. The molecule has 0 aliphatic rings. The quantitative estimate of drug-likeness (QED) is 0.545. The summed E-state index contributed by atoms with van der Waals surface area (Å²) in [7, 11) is 0. The highest BCUT2D eigenvalue weighted by Gasteiger charge is 2.15. The molecule has 0 unspecified atom stereocenters. The molecule has 0 atom stereocenters. The fraction of sp³-hybridized carbons (Fsp3) is 0.250. The van der Waals surface area contributed by atoms with E-state index < -0.39 is 5.97 Å². The topological polar surface area (TPSA) is 100 Å². The predicted molar refractivity (Wildman–Crippen MR) is 110 cm³/mol. The molecular formula is C20H19Cl2N3O4. The van der Waals surface area contributed by atoms with E-state index in [0.29, 0.717) is 38.6 Å². The Morgan fingerprint density at radius 1 is 1.17 bits per heavy atom. The van der Waals surface area contributed by atoms with Crippen molar-refractivity contribution in [2.75, 3.05) is 6.54 Å². The first kappa shape index (κ1) is 21.1. The number of carbonyl (C=O) groups is 1. The summed E-state index contributed by atoms with van der Waals surface area (Å²) in [5, 5.41) is 4.84. The first-order valence-electron chi connectivity index (χ1n) is 8.82. The number of carbonyl (C=O) groups excluding carboxylic acids is 1. The molecule has 29 heavy (non-hydrogen) atoms. The maximum Gasteiger partial charge on any atom is 0.320 e. The molecule has 0 saturated heterocycles. The standard InChI is InChI=1S/C20H19Cl2N3O4/c1-11(2)28-17-6-4-13(8-16(17)22)20-24-19(25-29-20)14-5-3-12(7-15(14)21)10-27-18(26)9-23/h3-8,11H,9-10,23H2,1-2H3. The Morgan fingerprint density at radius 2 is 1.97 bits per heavy atom. The van der Waals surface area contributed by atoms with Crippen molar-refractivity contribution in [3.63, 3.8) is 0 Å². The van der Waals surface area contributed by atoms with Crippen LogP contribution in [0.2, 0.25) is 10.0 Å². The van der Waals surface area contributed by atoms with Crippen LogP contribution in [0.4, 0.5) is 0 Å². The first-order valence-corrected chi connectivity index (χ1v) is 9.57. The van der Waals surface area contributed by atoms with Gasteiger partial charge in [-0.25, -0.2) is 0 Å². The second-order valence-electron chi connectivity index (χ2n) is 6.41. The van der Waals surface area contributed by atoms with Crippen LogP contribution in [-0.4, -0.2) is 28.8 Å². The summed E-state index contributed by atoms with van der Waals surface area (Å²) in [5.74, 6) is 0.722. The van der Waals surface area contributed by atoms with E-state index >= 15 is 0 Å². The van der Waals surface area contributed by atoms with Crippen molar-refractivity contribution >= 4 is 29.2 Å². The molecule has 2 aromatic carbocycles. The Labute approximate surface area is 177 Å². The van der Waals surface area contributed by atoms with Crippen molar-refractivity contribution in [3.05, 3.63) is 52.0 Å². The molecule has 0 amide bonds. The van der Waals surface area contributed by atoms with Gasteiger partial charge in [-0.05, 0) is 49.7 Å². The molecule has 0 spiro atoms. The Morgan fingerprint density at radius 3 is 2.62 bits per heavy atom. The zero-order valence-electron chi connectivity index (χ0n) is 15.8. The van der Waals surface area contributed by atoms with Gasteiger partial charge in [0.15, 0.2) is 0 Å². The largest absolute Gasteiger partial charge is 0.489 e. The molecule has 3 aromatic rings. The van der Waals surface area contributed by atoms with Gasteiger partial charge in [-0.1, -0.05) is 34.4 Å². The second-order valence-corrected chi connectivity index (χ2v) is 7.23. The summed E-state index contributed by atoms with van der Waals surface area (Å²) in [4.78, 5) is 15.6. The van der Waals surface area contributed by atoms with Crippen molar-refractivity contribution in [1.82, 2.24) is 10.1 Å². The van der Waals surface area contributed by atoms with Gasteiger partial charge >= 0.3 is 5.97 Å². The van der Waals surface area contributed by atoms with Crippen molar-refractivity contribution in [3.8, 4) is 28.6 Å². The molecule has 0 radical (unpaired) electrons. The second kappa shape index (κ2) is 9.26. The molecule has 0 bridgehead atoms. The van der Waals surface area contributed by atoms with Gasteiger partial charge in [0, 0.05) is 11.1 Å². The lowest BCUT2D eigenvalue weighted by molar-refractivity contribution is -0.143. The van der Waals surface area contributed by atoms with Gasteiger partial charge in [-0.3, -0.25) is 4.79 Å². The fourth-order valence-corrected chi connectivity index (χ4v) is 3.00. The Kier molecular flexibility index (Phi) is 6.74. The van der Waals surface area contributed by atoms with E-state index in [1.807, 2.05) is 13.8 Å². The molecule has 152 valence electrons. The van der Waals surface area contributed by atoms with E-state index in [9.17, 15) is 4.79 Å². The zero-order valence-corrected chi connectivity index (χ0v) is 17.3. The summed E-state index contributed by atoms with van der Waals surface area (Å²) in [6, 6.07) is 10.4. The van der Waals surface area contributed by atoms with Crippen LogP contribution in [0.5, 0.6) is 5.75 Å². The first-order chi connectivity index (χ1) is 13.9. The molecule has 0 aliphatic carbocycles. The average molecular weight is 436 g/mol. The minimum Gasteiger partial charge on any atom is -0.489 e. The molecule has 0 aliphatic heterocycles. The summed E-state index contributed by atoms with van der Waals surface area (Å²) in [5.41, 5.74) is 7.17. The van der Waals surface area contributed by atoms with Crippen LogP contribution in [-0.2, 0) is 16.1 Å². The molecule has 9 heteroatoms. The van der Waals surface area contributed by atoms with Gasteiger partial charge in [0.2, 0.25) is 5.82 Å². The predicted octanol–water partition coefficient (Wildman–Crippen LogP) is 4.50. The van der Waals surface area contributed by atoms with Crippen molar-refractivity contribution in [2.24, 2.45) is 5.73 Å². The number of benzene rings is 2. The molecule has 0 saturated carbocycles. The van der Waals surface area contributed by atoms with E-state index in [4.69, 9.17) is 42.9 Å². The summed E-state index contributed by atoms with van der Waals surface area (Å²) in [6.07, 6.45) is 0.0114. The number of nitrogens with two attached hydrogens (primary N) is 1. The molecule has 1 aromatic heterocycles. The van der Waals surface area contributed by atoms with Gasteiger partial charge in [0.25, 0.3) is 5.89 Å². The fourth-order valence-electron chi connectivity index (χ4n) is 2.49. The molecule has 0 fully saturated rings. The highest BCUT2D eigenvalue weighted by Crippen LogP contribution is 2.32. The van der Waals surface area contributed by atoms with E-state index in [0.717, 1.165) is 5.56 Å². The third-order valence-corrected chi connectivity index (χ3v) is 4.42. The highest BCUT2D eigenvalue weighted by molar-refractivity contribution is 6.33. The Balaban J connectivity index is 1.79. The van der Waals surface area contributed by atoms with Crippen LogP contribution < -0.4 is 10.5 Å². The minimum absolute atomic E-state index is 0.0114. The molecule has 2 N–H and O–H groups in total. The van der Waals surface area contributed by atoms with Crippen LogP contribution in [0.25, 0.3) is 22.8 Å². The summed E-state index contributed by atoms with van der Waals surface area (Å²) >= 11 is 12.6. The van der Waals surface area contributed by atoms with Crippen molar-refractivity contribution in [2.45, 2.75) is 26.6 Å². The van der Waals surface area contributed by atoms with Crippen LogP contribution >= 0.6 is 23.2 Å². The number of hydrogen-bond acceptors (Lipinski definition) is 7. The van der Waals surface area contributed by atoms with Gasteiger partial charge in [0.1, 0.15) is 12.4 Å². The molecule has 7 nitrogen and oxygen atoms in total. The highest BCUT2D eigenvalue weighted by atomic mass is 35.5. The number of nitrogens with zero attached hydrogens (tertiary/aromatic N) is 2. The van der Waals surface area contributed by atoms with Crippen molar-refractivity contribution in [1.29, 1.82) is 0 Å². The van der Waals surface area contributed by atoms with Crippen LogP contribution in [0, 0.1) is 0 Å². The van der Waals surface area contributed by atoms with E-state index in [1.165, 1.54) is 0 Å². The number of ether oxygens (including phenoxy) is 2. The zero-order chi connectivity index (χ0) is 21.0. The van der Waals surface area contributed by atoms with E-state index in [-0.39, 0.29) is 19.3 Å². The van der Waals surface area contributed by atoms with E-state index in [1.54, 1.807) is 36.4 Å². The number of aromatic nitrogens is 2. The molecule has 3 rings (SSSR count). The van der Waals surface area contributed by atoms with Gasteiger partial charge < -0.3 is 19.7 Å². The lowest BCUT2D eigenvalue weighted by Gasteiger charge is -2.11. The molecule has 1 heterocycles. The third kappa shape index (κ3) is 5.26. The van der Waals surface area contributed by atoms with Crippen LogP contribution in [0.1, 0.15) is 19.4 Å². The third-order valence-electron chi connectivity index (χ3n) is 3.81. The number of esters is 1. The van der Waals surface area contributed by atoms with Gasteiger partial charge in [-0.15, -0.1) is 0 Å². The smallest absolute Gasteiger partial charge is 0.320 e. The SMILES string of the molecule is CC(C)Oc1ccc(-c2nc(-c3ccc(COC(=O)CN)cc3Cl)no2)cc1Cl. The summed E-state index contributed by atoms with van der Waals surface area (Å²) < 4.78 is 16.0. The maximum atomic E-state index is 11.2. The monoisotopic (exact) mass is 435 g/mol. The Bertz CT molecular complexity index is 1020. The lowest BCUT2D eigenvalue weighted by atomic mass is 10.1. The van der Waals surface area contributed by atoms with Crippen LogP contribution in [0.15, 0.2) is 40.9 Å². The van der Waals surface area contributed by atoms with Gasteiger partial charge in [-0.2, -0.15) is 4.98 Å². The Hall–Kier alpha value is -2.61.